The van der Waals surface area contributed by atoms with Crippen molar-refractivity contribution in [1.82, 2.24) is 9.78 Å². The van der Waals surface area contributed by atoms with Gasteiger partial charge in [0, 0.05) is 11.1 Å². The molecule has 1 heterocycles. The van der Waals surface area contributed by atoms with Crippen LogP contribution in [-0.4, -0.2) is 27.6 Å². The lowest BCUT2D eigenvalue weighted by molar-refractivity contribution is -0.0105. The van der Waals surface area contributed by atoms with E-state index in [9.17, 15) is 9.90 Å². The molecule has 2 atom stereocenters. The number of benzene rings is 1. The van der Waals surface area contributed by atoms with E-state index in [2.05, 4.69) is 5.10 Å². The average Bonchev–Trinajstić information content (AvgIpc) is 2.49. The van der Waals surface area contributed by atoms with Crippen molar-refractivity contribution < 1.29 is 9.84 Å². The lowest BCUT2D eigenvalue weighted by Crippen LogP contribution is -2.31. The molecular formula is C16H19ClN2O3. The van der Waals surface area contributed by atoms with Crippen molar-refractivity contribution in [3.63, 3.8) is 0 Å². The van der Waals surface area contributed by atoms with Gasteiger partial charge in [-0.25, -0.2) is 4.68 Å². The van der Waals surface area contributed by atoms with Crippen LogP contribution in [0.3, 0.4) is 0 Å². The van der Waals surface area contributed by atoms with Crippen LogP contribution < -0.4 is 5.56 Å². The molecule has 0 aliphatic rings. The van der Waals surface area contributed by atoms with Crippen molar-refractivity contribution in [3.8, 4) is 0 Å². The van der Waals surface area contributed by atoms with E-state index in [4.69, 9.17) is 16.3 Å². The van der Waals surface area contributed by atoms with Gasteiger partial charge >= 0.3 is 0 Å². The summed E-state index contributed by atoms with van der Waals surface area (Å²) in [5.41, 5.74) is 1.46. The highest BCUT2D eigenvalue weighted by molar-refractivity contribution is 6.30. The normalized spacial score (nSPS) is 13.8. The summed E-state index contributed by atoms with van der Waals surface area (Å²) in [7, 11) is 0. The Morgan fingerprint density at radius 2 is 1.95 bits per heavy atom. The fourth-order valence-electron chi connectivity index (χ4n) is 2.02. The van der Waals surface area contributed by atoms with Crippen LogP contribution in [0.4, 0.5) is 0 Å². The number of aliphatic hydroxyl groups excluding tert-OH is 1. The second-order valence-corrected chi connectivity index (χ2v) is 5.61. The molecule has 1 N–H and O–H groups in total. The zero-order valence-electron chi connectivity index (χ0n) is 12.6. The predicted molar refractivity (Wildman–Crippen MR) is 85.1 cm³/mol. The van der Waals surface area contributed by atoms with Crippen molar-refractivity contribution >= 4 is 11.6 Å². The highest BCUT2D eigenvalue weighted by Crippen LogP contribution is 2.19. The van der Waals surface area contributed by atoms with Crippen LogP contribution in [0, 0.1) is 6.92 Å². The standard InChI is InChI=1S/C16H19ClN2O3/c1-11-3-8-16(21)19(18-11)9-15(20)10-22-12(2)13-4-6-14(17)7-5-13/h3-8,12,15,20H,9-10H2,1-2H3. The summed E-state index contributed by atoms with van der Waals surface area (Å²) in [6.07, 6.45) is -0.976. The largest absolute Gasteiger partial charge is 0.389 e. The van der Waals surface area contributed by atoms with Crippen molar-refractivity contribution in [1.29, 1.82) is 0 Å². The van der Waals surface area contributed by atoms with E-state index in [1.807, 2.05) is 19.1 Å². The first kappa shape index (κ1) is 16.7. The van der Waals surface area contributed by atoms with Crippen LogP contribution in [0.1, 0.15) is 24.3 Å². The minimum Gasteiger partial charge on any atom is -0.389 e. The molecule has 0 saturated heterocycles. The van der Waals surface area contributed by atoms with Gasteiger partial charge in [0.1, 0.15) is 0 Å². The molecule has 0 aliphatic heterocycles. The molecule has 0 bridgehead atoms. The number of hydrogen-bond acceptors (Lipinski definition) is 4. The molecule has 0 fully saturated rings. The van der Waals surface area contributed by atoms with Gasteiger partial charge in [-0.05, 0) is 37.6 Å². The second-order valence-electron chi connectivity index (χ2n) is 5.18. The van der Waals surface area contributed by atoms with Crippen LogP contribution in [0.25, 0.3) is 0 Å². The number of rotatable bonds is 6. The predicted octanol–water partition coefficient (Wildman–Crippen LogP) is 2.34. The molecule has 0 aliphatic carbocycles. The lowest BCUT2D eigenvalue weighted by atomic mass is 10.1. The molecule has 1 aromatic carbocycles. The van der Waals surface area contributed by atoms with Gasteiger partial charge in [0.15, 0.2) is 0 Å². The summed E-state index contributed by atoms with van der Waals surface area (Å²) in [6, 6.07) is 10.4. The quantitative estimate of drug-likeness (QED) is 0.886. The van der Waals surface area contributed by atoms with Gasteiger partial charge < -0.3 is 9.84 Å². The maximum absolute atomic E-state index is 11.6. The van der Waals surface area contributed by atoms with Crippen LogP contribution in [0.15, 0.2) is 41.2 Å². The van der Waals surface area contributed by atoms with Crippen LogP contribution in [-0.2, 0) is 11.3 Å². The molecule has 0 amide bonds. The van der Waals surface area contributed by atoms with Gasteiger partial charge in [0.05, 0.1) is 31.1 Å². The number of ether oxygens (including phenoxy) is 1. The third-order valence-electron chi connectivity index (χ3n) is 3.26. The zero-order valence-corrected chi connectivity index (χ0v) is 13.3. The Labute approximate surface area is 134 Å². The van der Waals surface area contributed by atoms with Crippen LogP contribution in [0.2, 0.25) is 5.02 Å². The Balaban J connectivity index is 1.89. The SMILES string of the molecule is Cc1ccc(=O)n(CC(O)COC(C)c2ccc(Cl)cc2)n1. The molecule has 5 nitrogen and oxygen atoms in total. The Bertz CT molecular complexity index is 670. The first-order chi connectivity index (χ1) is 10.5. The van der Waals surface area contributed by atoms with Gasteiger partial charge in [-0.2, -0.15) is 5.10 Å². The lowest BCUT2D eigenvalue weighted by Gasteiger charge is -2.17. The summed E-state index contributed by atoms with van der Waals surface area (Å²) in [6.45, 7) is 3.91. The van der Waals surface area contributed by atoms with E-state index < -0.39 is 6.10 Å². The summed E-state index contributed by atoms with van der Waals surface area (Å²) >= 11 is 5.84. The smallest absolute Gasteiger partial charge is 0.266 e. The topological polar surface area (TPSA) is 64.4 Å². The number of hydrogen-bond donors (Lipinski definition) is 1. The maximum Gasteiger partial charge on any atom is 0.266 e. The number of aliphatic hydroxyl groups is 1. The third-order valence-corrected chi connectivity index (χ3v) is 3.51. The summed E-state index contributed by atoms with van der Waals surface area (Å²) in [5.74, 6) is 0. The third kappa shape index (κ3) is 4.66. The van der Waals surface area contributed by atoms with E-state index in [0.717, 1.165) is 11.3 Å². The van der Waals surface area contributed by atoms with Gasteiger partial charge in [0.25, 0.3) is 5.56 Å². The highest BCUT2D eigenvalue weighted by atomic mass is 35.5. The number of nitrogens with zero attached hydrogens (tertiary/aromatic N) is 2. The molecular weight excluding hydrogens is 304 g/mol. The molecule has 6 heteroatoms. The van der Waals surface area contributed by atoms with Gasteiger partial charge in [-0.1, -0.05) is 23.7 Å². The molecule has 2 aromatic rings. The number of halogens is 1. The van der Waals surface area contributed by atoms with Crippen molar-refractivity contribution in [2.45, 2.75) is 32.6 Å². The molecule has 0 saturated carbocycles. The first-order valence-corrected chi connectivity index (χ1v) is 7.43. The van der Waals surface area contributed by atoms with E-state index in [-0.39, 0.29) is 24.8 Å². The molecule has 2 unspecified atom stereocenters. The van der Waals surface area contributed by atoms with Gasteiger partial charge in [-0.15, -0.1) is 0 Å². The monoisotopic (exact) mass is 322 g/mol. The number of aromatic nitrogens is 2. The maximum atomic E-state index is 11.6. The van der Waals surface area contributed by atoms with E-state index in [1.54, 1.807) is 25.1 Å². The molecule has 2 rings (SSSR count). The second kappa shape index (κ2) is 7.54. The summed E-state index contributed by atoms with van der Waals surface area (Å²) < 4.78 is 6.88. The minimum absolute atomic E-state index is 0.105. The Hall–Kier alpha value is -1.69. The fraction of sp³-hybridized carbons (Fsp3) is 0.375. The Morgan fingerprint density at radius 1 is 1.27 bits per heavy atom. The highest BCUT2D eigenvalue weighted by Gasteiger charge is 2.12. The van der Waals surface area contributed by atoms with E-state index in [0.29, 0.717) is 5.02 Å². The molecule has 0 radical (unpaired) electrons. The van der Waals surface area contributed by atoms with Gasteiger partial charge in [0.2, 0.25) is 0 Å². The van der Waals surface area contributed by atoms with E-state index in [1.165, 1.54) is 10.7 Å². The molecule has 0 spiro atoms. The van der Waals surface area contributed by atoms with Crippen LogP contribution >= 0.6 is 11.6 Å². The first-order valence-electron chi connectivity index (χ1n) is 7.05. The van der Waals surface area contributed by atoms with Crippen molar-refractivity contribution in [2.75, 3.05) is 6.61 Å². The summed E-state index contributed by atoms with van der Waals surface area (Å²) in [4.78, 5) is 11.6. The molecule has 1 aromatic heterocycles. The van der Waals surface area contributed by atoms with Gasteiger partial charge in [-0.3, -0.25) is 4.79 Å². The zero-order chi connectivity index (χ0) is 16.1. The number of aryl methyl sites for hydroxylation is 1. The molecule has 118 valence electrons. The van der Waals surface area contributed by atoms with Crippen molar-refractivity contribution in [2.24, 2.45) is 0 Å². The minimum atomic E-state index is -0.804. The Morgan fingerprint density at radius 3 is 2.64 bits per heavy atom. The summed E-state index contributed by atoms with van der Waals surface area (Å²) in [5, 5.41) is 14.8. The molecule has 22 heavy (non-hydrogen) atoms. The average molecular weight is 323 g/mol. The van der Waals surface area contributed by atoms with Crippen LogP contribution in [0.5, 0.6) is 0 Å². The fourth-order valence-corrected chi connectivity index (χ4v) is 2.15. The Kier molecular flexibility index (Phi) is 5.71. The van der Waals surface area contributed by atoms with E-state index >= 15 is 0 Å². The van der Waals surface area contributed by atoms with Crippen molar-refractivity contribution in [3.05, 3.63) is 63.0 Å².